The SMILES string of the molecule is CC/C=C\C/C=C\C/C=C\C/C=C\C/C=C\CCCC(=O)OC(COC(=O)CCCCCCCCCCCCCCCCCCCCCCCCCC)COP(=O)(O)OCC. The number of hydrogen-bond donors (Lipinski definition) is 1. The summed E-state index contributed by atoms with van der Waals surface area (Å²) in [4.78, 5) is 34.9. The van der Waals surface area contributed by atoms with Gasteiger partial charge < -0.3 is 14.4 Å². The molecule has 0 aromatic carbocycles. The Bertz CT molecular complexity index is 1180. The van der Waals surface area contributed by atoms with Crippen LogP contribution in [-0.2, 0) is 32.7 Å². The summed E-state index contributed by atoms with van der Waals surface area (Å²) >= 11 is 0. The number of hydrogen-bond acceptors (Lipinski definition) is 7. The minimum atomic E-state index is -4.30. The van der Waals surface area contributed by atoms with E-state index >= 15 is 0 Å². The average molecular weight is 877 g/mol. The molecule has 0 radical (unpaired) electrons. The van der Waals surface area contributed by atoms with Gasteiger partial charge in [0.2, 0.25) is 0 Å². The van der Waals surface area contributed by atoms with E-state index in [0.717, 1.165) is 51.4 Å². The first-order chi connectivity index (χ1) is 29.8. The second-order valence-electron chi connectivity index (χ2n) is 16.5. The monoisotopic (exact) mass is 877 g/mol. The van der Waals surface area contributed by atoms with Crippen molar-refractivity contribution in [3.63, 3.8) is 0 Å². The fourth-order valence-electron chi connectivity index (χ4n) is 6.96. The Labute approximate surface area is 375 Å². The van der Waals surface area contributed by atoms with Crippen LogP contribution < -0.4 is 0 Å². The third-order valence-corrected chi connectivity index (χ3v) is 11.6. The highest BCUT2D eigenvalue weighted by Gasteiger charge is 2.25. The number of carbonyl (C=O) groups is 2. The van der Waals surface area contributed by atoms with Gasteiger partial charge in [0.05, 0.1) is 13.2 Å². The van der Waals surface area contributed by atoms with Crippen molar-refractivity contribution in [1.82, 2.24) is 0 Å². The van der Waals surface area contributed by atoms with Gasteiger partial charge in [0.1, 0.15) is 6.61 Å². The van der Waals surface area contributed by atoms with Crippen LogP contribution in [0.4, 0.5) is 0 Å². The molecular weight excluding hydrogens is 784 g/mol. The molecule has 0 aliphatic carbocycles. The van der Waals surface area contributed by atoms with Gasteiger partial charge in [0.25, 0.3) is 0 Å². The Morgan fingerprint density at radius 1 is 0.459 bits per heavy atom. The number of carbonyl (C=O) groups excluding carboxylic acids is 2. The van der Waals surface area contributed by atoms with Crippen LogP contribution in [0.15, 0.2) is 60.8 Å². The Balaban J connectivity index is 4.00. The molecule has 0 aliphatic rings. The quantitative estimate of drug-likeness (QED) is 0.0279. The van der Waals surface area contributed by atoms with Crippen molar-refractivity contribution in [2.75, 3.05) is 19.8 Å². The van der Waals surface area contributed by atoms with Gasteiger partial charge in [-0.2, -0.15) is 0 Å². The van der Waals surface area contributed by atoms with Gasteiger partial charge >= 0.3 is 19.8 Å². The predicted molar refractivity (Wildman–Crippen MR) is 258 cm³/mol. The highest BCUT2D eigenvalue weighted by molar-refractivity contribution is 7.47. The molecule has 0 saturated heterocycles. The maximum absolute atomic E-state index is 12.6. The molecule has 9 heteroatoms. The number of ether oxygens (including phenoxy) is 2. The molecule has 0 fully saturated rings. The van der Waals surface area contributed by atoms with Gasteiger partial charge in [-0.25, -0.2) is 4.57 Å². The number of rotatable bonds is 46. The van der Waals surface area contributed by atoms with E-state index in [0.29, 0.717) is 12.8 Å². The van der Waals surface area contributed by atoms with E-state index in [1.807, 2.05) is 6.08 Å². The fraction of sp³-hybridized carbons (Fsp3) is 0.769. The minimum Gasteiger partial charge on any atom is -0.462 e. The van der Waals surface area contributed by atoms with E-state index in [4.69, 9.17) is 18.5 Å². The van der Waals surface area contributed by atoms with E-state index in [-0.39, 0.29) is 32.0 Å². The third kappa shape index (κ3) is 47.1. The van der Waals surface area contributed by atoms with Crippen molar-refractivity contribution in [2.24, 2.45) is 0 Å². The number of unbranched alkanes of at least 4 members (excludes halogenated alkanes) is 24. The van der Waals surface area contributed by atoms with E-state index in [1.165, 1.54) is 135 Å². The van der Waals surface area contributed by atoms with Gasteiger partial charge in [-0.05, 0) is 58.3 Å². The molecule has 354 valence electrons. The molecule has 2 atom stereocenters. The molecule has 0 bridgehead atoms. The second kappa shape index (κ2) is 47.2. The minimum absolute atomic E-state index is 0.0113. The first-order valence-corrected chi connectivity index (χ1v) is 26.6. The lowest BCUT2D eigenvalue weighted by Crippen LogP contribution is -2.29. The summed E-state index contributed by atoms with van der Waals surface area (Å²) in [5, 5.41) is 0. The topological polar surface area (TPSA) is 108 Å². The van der Waals surface area contributed by atoms with Crippen molar-refractivity contribution >= 4 is 19.8 Å². The highest BCUT2D eigenvalue weighted by atomic mass is 31.2. The summed E-state index contributed by atoms with van der Waals surface area (Å²) in [5.41, 5.74) is 0. The molecule has 0 aliphatic heterocycles. The van der Waals surface area contributed by atoms with Gasteiger partial charge in [0.15, 0.2) is 6.10 Å². The zero-order valence-electron chi connectivity index (χ0n) is 39.6. The predicted octanol–water partition coefficient (Wildman–Crippen LogP) is 16.3. The van der Waals surface area contributed by atoms with Crippen LogP contribution in [0, 0.1) is 0 Å². The maximum Gasteiger partial charge on any atom is 0.472 e. The Hall–Kier alpha value is -2.25. The van der Waals surface area contributed by atoms with Crippen molar-refractivity contribution in [2.45, 2.75) is 239 Å². The zero-order valence-corrected chi connectivity index (χ0v) is 40.5. The Morgan fingerprint density at radius 2 is 0.836 bits per heavy atom. The highest BCUT2D eigenvalue weighted by Crippen LogP contribution is 2.43. The van der Waals surface area contributed by atoms with Gasteiger partial charge in [0, 0.05) is 12.8 Å². The smallest absolute Gasteiger partial charge is 0.462 e. The van der Waals surface area contributed by atoms with Gasteiger partial charge in [-0.15, -0.1) is 0 Å². The molecule has 0 heterocycles. The van der Waals surface area contributed by atoms with E-state index in [2.05, 4.69) is 68.5 Å². The zero-order chi connectivity index (χ0) is 44.6. The molecule has 0 spiro atoms. The molecule has 0 rings (SSSR count). The number of esters is 2. The van der Waals surface area contributed by atoms with E-state index in [9.17, 15) is 19.0 Å². The summed E-state index contributed by atoms with van der Waals surface area (Å²) in [6.45, 7) is 5.33. The standard InChI is InChI=1S/C52H93O8P/c1-4-7-9-11-13-15-17-19-21-23-24-25-26-27-28-29-31-32-34-36-38-40-42-44-46-51(53)57-48-50(49-59-61(55,56)58-6-3)60-52(54)47-45-43-41-39-37-35-33-30-22-20-18-16-14-12-10-8-5-2/h8,10,14,16,20,22,33,35,39,41,50H,4-7,9,11-13,15,17-19,21,23-32,34,36-38,40,42-49H2,1-3H3,(H,55,56)/b10-8-,16-14-,22-20-,35-33-,41-39-. The van der Waals surface area contributed by atoms with Crippen LogP contribution >= 0.6 is 7.82 Å². The molecular formula is C52H93O8P. The van der Waals surface area contributed by atoms with Crippen LogP contribution in [0.5, 0.6) is 0 Å². The lowest BCUT2D eigenvalue weighted by Gasteiger charge is -2.19. The summed E-state index contributed by atoms with van der Waals surface area (Å²) in [6.07, 6.45) is 58.8. The van der Waals surface area contributed by atoms with Gasteiger partial charge in [-0.3, -0.25) is 18.6 Å². The molecule has 1 N–H and O–H groups in total. The first-order valence-electron chi connectivity index (χ1n) is 25.1. The van der Waals surface area contributed by atoms with Crippen molar-refractivity contribution in [3.05, 3.63) is 60.8 Å². The third-order valence-electron chi connectivity index (χ3n) is 10.6. The number of phosphoric acid groups is 1. The molecule has 0 aromatic heterocycles. The maximum atomic E-state index is 12.6. The normalized spacial score (nSPS) is 13.7. The lowest BCUT2D eigenvalue weighted by atomic mass is 10.0. The summed E-state index contributed by atoms with van der Waals surface area (Å²) in [6, 6.07) is 0. The lowest BCUT2D eigenvalue weighted by molar-refractivity contribution is -0.161. The first kappa shape index (κ1) is 58.8. The molecule has 0 saturated carbocycles. The van der Waals surface area contributed by atoms with Crippen LogP contribution in [-0.4, -0.2) is 42.8 Å². The molecule has 8 nitrogen and oxygen atoms in total. The molecule has 2 unspecified atom stereocenters. The van der Waals surface area contributed by atoms with Crippen LogP contribution in [0.2, 0.25) is 0 Å². The Kier molecular flexibility index (Phi) is 45.5. The van der Waals surface area contributed by atoms with Crippen LogP contribution in [0.25, 0.3) is 0 Å². The second-order valence-corrected chi connectivity index (χ2v) is 17.9. The fourth-order valence-corrected chi connectivity index (χ4v) is 7.72. The largest absolute Gasteiger partial charge is 0.472 e. The number of phosphoric ester groups is 1. The van der Waals surface area contributed by atoms with Crippen molar-refractivity contribution < 1.29 is 37.6 Å². The van der Waals surface area contributed by atoms with E-state index < -0.39 is 26.5 Å². The average Bonchev–Trinajstić information content (AvgIpc) is 3.24. The summed E-state index contributed by atoms with van der Waals surface area (Å²) in [7, 11) is -4.30. The van der Waals surface area contributed by atoms with Crippen molar-refractivity contribution in [3.8, 4) is 0 Å². The summed E-state index contributed by atoms with van der Waals surface area (Å²) in [5.74, 6) is -0.860. The van der Waals surface area contributed by atoms with E-state index in [1.54, 1.807) is 6.92 Å². The van der Waals surface area contributed by atoms with Crippen LogP contribution in [0.3, 0.4) is 0 Å². The van der Waals surface area contributed by atoms with Crippen LogP contribution in [0.1, 0.15) is 233 Å². The molecule has 0 aromatic rings. The molecule has 0 amide bonds. The number of allylic oxidation sites excluding steroid dienone is 10. The Morgan fingerprint density at radius 3 is 1.25 bits per heavy atom. The molecule has 61 heavy (non-hydrogen) atoms. The van der Waals surface area contributed by atoms with Crippen molar-refractivity contribution in [1.29, 1.82) is 0 Å². The summed E-state index contributed by atoms with van der Waals surface area (Å²) < 4.78 is 32.7. The van der Waals surface area contributed by atoms with Gasteiger partial charge in [-0.1, -0.05) is 222 Å².